The van der Waals surface area contributed by atoms with Crippen molar-refractivity contribution in [3.05, 3.63) is 83.3 Å². The molecule has 218 valence electrons. The second-order valence-electron chi connectivity index (χ2n) is 10.3. The highest BCUT2D eigenvalue weighted by molar-refractivity contribution is 7.17. The van der Waals surface area contributed by atoms with E-state index in [1.54, 1.807) is 12.3 Å². The molecule has 42 heavy (non-hydrogen) atoms. The number of ether oxygens (including phenoxy) is 1. The molecule has 1 unspecified atom stereocenters. The molecule has 1 fully saturated rings. The molecule has 1 aliphatic rings. The van der Waals surface area contributed by atoms with Crippen LogP contribution >= 0.6 is 11.3 Å². The Morgan fingerprint density at radius 1 is 1.10 bits per heavy atom. The molecule has 1 aliphatic heterocycles. The van der Waals surface area contributed by atoms with Crippen LogP contribution in [0.5, 0.6) is 5.75 Å². The van der Waals surface area contributed by atoms with Gasteiger partial charge in [-0.2, -0.15) is 18.3 Å². The second kappa shape index (κ2) is 11.3. The minimum absolute atomic E-state index is 0.0325. The standard InChI is InChI=1S/C30H29F3N6O2S/c1-19(22-6-2-3-7-23(22)30(31,32)33)41-25-15-26(42-28(25)29(34)40)24-17-35-27-14-20(8-11-39(24)27)21-16-36-38(18-21)13-12-37-9-4-5-10-37/h2-3,6-8,11,14-19H,4-5,9-10,12-13H2,1H3,(H2,34,40). The van der Waals surface area contributed by atoms with Crippen LogP contribution in [0.4, 0.5) is 13.2 Å². The number of hydrogen-bond acceptors (Lipinski definition) is 6. The zero-order valence-electron chi connectivity index (χ0n) is 22.8. The van der Waals surface area contributed by atoms with E-state index in [0.717, 1.165) is 54.7 Å². The van der Waals surface area contributed by atoms with Crippen molar-refractivity contribution in [2.75, 3.05) is 19.6 Å². The van der Waals surface area contributed by atoms with Crippen molar-refractivity contribution >= 4 is 22.9 Å². The summed E-state index contributed by atoms with van der Waals surface area (Å²) in [5.74, 6) is -0.602. The highest BCUT2D eigenvalue weighted by atomic mass is 32.1. The van der Waals surface area contributed by atoms with Crippen LogP contribution in [-0.2, 0) is 12.7 Å². The summed E-state index contributed by atoms with van der Waals surface area (Å²) in [5.41, 5.74) is 8.15. The van der Waals surface area contributed by atoms with Crippen LogP contribution in [0, 0.1) is 0 Å². The fraction of sp³-hybridized carbons (Fsp3) is 0.300. The predicted molar refractivity (Wildman–Crippen MR) is 154 cm³/mol. The first kappa shape index (κ1) is 28.0. The Morgan fingerprint density at radius 2 is 1.88 bits per heavy atom. The largest absolute Gasteiger partial charge is 0.484 e. The summed E-state index contributed by atoms with van der Waals surface area (Å²) in [6, 6.07) is 10.8. The summed E-state index contributed by atoms with van der Waals surface area (Å²) in [6.45, 7) is 5.63. The van der Waals surface area contributed by atoms with Gasteiger partial charge < -0.3 is 15.4 Å². The molecular formula is C30H29F3N6O2S. The topological polar surface area (TPSA) is 90.7 Å². The van der Waals surface area contributed by atoms with Gasteiger partial charge in [-0.25, -0.2) is 4.98 Å². The summed E-state index contributed by atoms with van der Waals surface area (Å²) < 4.78 is 50.5. The van der Waals surface area contributed by atoms with Crippen LogP contribution in [0.25, 0.3) is 27.3 Å². The van der Waals surface area contributed by atoms with Crippen molar-refractivity contribution in [1.82, 2.24) is 24.1 Å². The van der Waals surface area contributed by atoms with Crippen LogP contribution in [0.15, 0.2) is 67.3 Å². The summed E-state index contributed by atoms with van der Waals surface area (Å²) in [5, 5.41) is 4.52. The number of fused-ring (bicyclic) bond motifs is 1. The number of rotatable bonds is 9. The molecule has 0 spiro atoms. The van der Waals surface area contributed by atoms with Crippen LogP contribution in [-0.4, -0.2) is 49.6 Å². The number of imidazole rings is 1. The first-order valence-electron chi connectivity index (χ1n) is 13.7. The zero-order chi connectivity index (χ0) is 29.4. The van der Waals surface area contributed by atoms with Gasteiger partial charge in [0.05, 0.1) is 35.1 Å². The van der Waals surface area contributed by atoms with Crippen molar-refractivity contribution in [2.45, 2.75) is 38.6 Å². The molecule has 0 saturated carbocycles. The van der Waals surface area contributed by atoms with Crippen LogP contribution in [0.1, 0.15) is 46.7 Å². The average Bonchev–Trinajstić information content (AvgIpc) is 3.77. The van der Waals surface area contributed by atoms with Crippen molar-refractivity contribution in [1.29, 1.82) is 0 Å². The number of primary amides is 1. The maximum Gasteiger partial charge on any atom is 0.416 e. The van der Waals surface area contributed by atoms with E-state index in [9.17, 15) is 18.0 Å². The van der Waals surface area contributed by atoms with Crippen LogP contribution < -0.4 is 10.5 Å². The lowest BCUT2D eigenvalue weighted by Gasteiger charge is -2.19. The molecule has 0 bridgehead atoms. The number of alkyl halides is 3. The number of pyridine rings is 1. The van der Waals surface area contributed by atoms with E-state index in [0.29, 0.717) is 16.2 Å². The first-order valence-corrected chi connectivity index (χ1v) is 14.5. The lowest BCUT2D eigenvalue weighted by atomic mass is 10.0. The Balaban J connectivity index is 1.24. The molecule has 0 radical (unpaired) electrons. The molecule has 4 aromatic heterocycles. The van der Waals surface area contributed by atoms with Crippen LogP contribution in [0.3, 0.4) is 0 Å². The average molecular weight is 595 g/mol. The normalized spacial score (nSPS) is 15.0. The molecular weight excluding hydrogens is 565 g/mol. The van der Waals surface area contributed by atoms with E-state index in [-0.39, 0.29) is 16.2 Å². The highest BCUT2D eigenvalue weighted by Gasteiger charge is 2.35. The Labute approximate surface area is 244 Å². The Bertz CT molecular complexity index is 1730. The van der Waals surface area contributed by atoms with Gasteiger partial charge in [-0.3, -0.25) is 13.9 Å². The molecule has 12 heteroatoms. The number of thiophene rings is 1. The summed E-state index contributed by atoms with van der Waals surface area (Å²) in [7, 11) is 0. The minimum atomic E-state index is -4.54. The first-order chi connectivity index (χ1) is 20.2. The number of carbonyl (C=O) groups is 1. The van der Waals surface area contributed by atoms with E-state index in [1.807, 2.05) is 39.8 Å². The lowest BCUT2D eigenvalue weighted by Crippen LogP contribution is -2.24. The maximum atomic E-state index is 13.6. The van der Waals surface area contributed by atoms with E-state index in [4.69, 9.17) is 10.5 Å². The molecule has 5 aromatic rings. The Morgan fingerprint density at radius 3 is 2.64 bits per heavy atom. The molecule has 1 atom stereocenters. The number of nitrogens with two attached hydrogens (primary N) is 1. The van der Waals surface area contributed by atoms with Crippen molar-refractivity contribution in [3.63, 3.8) is 0 Å². The fourth-order valence-corrected chi connectivity index (χ4v) is 6.30. The monoisotopic (exact) mass is 594 g/mol. The van der Waals surface area contributed by atoms with Gasteiger partial charge in [0.1, 0.15) is 22.4 Å². The predicted octanol–water partition coefficient (Wildman–Crippen LogP) is 6.28. The molecule has 0 aliphatic carbocycles. The van der Waals surface area contributed by atoms with E-state index >= 15 is 0 Å². The molecule has 6 rings (SSSR count). The van der Waals surface area contributed by atoms with Crippen LogP contribution in [0.2, 0.25) is 0 Å². The maximum absolute atomic E-state index is 13.6. The van der Waals surface area contributed by atoms with E-state index < -0.39 is 23.8 Å². The molecule has 1 aromatic carbocycles. The van der Waals surface area contributed by atoms with Gasteiger partial charge in [0.15, 0.2) is 0 Å². The molecule has 8 nitrogen and oxygen atoms in total. The SMILES string of the molecule is CC(Oc1cc(-c2cnc3cc(-c4cnn(CCN5CCCC5)c4)ccn23)sc1C(N)=O)c1ccccc1C(F)(F)F. The number of nitrogens with zero attached hydrogens (tertiary/aromatic N) is 5. The van der Waals surface area contributed by atoms with Gasteiger partial charge >= 0.3 is 6.18 Å². The molecule has 1 amide bonds. The van der Waals surface area contributed by atoms with Gasteiger partial charge in [0.25, 0.3) is 5.91 Å². The van der Waals surface area contributed by atoms with Gasteiger partial charge in [-0.05, 0) is 56.6 Å². The Kier molecular flexibility index (Phi) is 7.50. The zero-order valence-corrected chi connectivity index (χ0v) is 23.7. The summed E-state index contributed by atoms with van der Waals surface area (Å²) in [6.07, 6.45) is 4.45. The van der Waals surface area contributed by atoms with Crippen molar-refractivity contribution < 1.29 is 22.7 Å². The lowest BCUT2D eigenvalue weighted by molar-refractivity contribution is -0.139. The van der Waals surface area contributed by atoms with Crippen molar-refractivity contribution in [2.24, 2.45) is 5.73 Å². The third-order valence-electron chi connectivity index (χ3n) is 7.51. The van der Waals surface area contributed by atoms with Gasteiger partial charge in [-0.15, -0.1) is 11.3 Å². The number of halogens is 3. The molecule has 5 heterocycles. The fourth-order valence-electron chi connectivity index (χ4n) is 5.35. The van der Waals surface area contributed by atoms with Gasteiger partial charge in [0.2, 0.25) is 0 Å². The summed E-state index contributed by atoms with van der Waals surface area (Å²) in [4.78, 5) is 20.1. The number of aromatic nitrogens is 4. The number of hydrogen-bond donors (Lipinski definition) is 1. The quantitative estimate of drug-likeness (QED) is 0.217. The van der Waals surface area contributed by atoms with E-state index in [1.165, 1.54) is 38.0 Å². The number of carbonyl (C=O) groups excluding carboxylic acids is 1. The van der Waals surface area contributed by atoms with E-state index in [2.05, 4.69) is 15.0 Å². The second-order valence-corrected chi connectivity index (χ2v) is 11.4. The molecule has 1 saturated heterocycles. The number of likely N-dealkylation sites (tertiary alicyclic amines) is 1. The minimum Gasteiger partial charge on any atom is -0.484 e. The number of benzene rings is 1. The van der Waals surface area contributed by atoms with Gasteiger partial charge in [-0.1, -0.05) is 18.2 Å². The number of amides is 1. The third-order valence-corrected chi connectivity index (χ3v) is 8.66. The van der Waals surface area contributed by atoms with Gasteiger partial charge in [0, 0.05) is 36.1 Å². The molecule has 2 N–H and O–H groups in total. The third kappa shape index (κ3) is 5.64. The highest BCUT2D eigenvalue weighted by Crippen LogP contribution is 2.40. The Hall–Kier alpha value is -4.16. The van der Waals surface area contributed by atoms with Crippen molar-refractivity contribution in [3.8, 4) is 27.4 Å². The summed E-state index contributed by atoms with van der Waals surface area (Å²) >= 11 is 1.11. The smallest absolute Gasteiger partial charge is 0.416 e.